The summed E-state index contributed by atoms with van der Waals surface area (Å²) in [6.07, 6.45) is 0. The number of aromatic nitrogens is 1. The first kappa shape index (κ1) is 12.5. The number of anilines is 1. The molecule has 18 heavy (non-hydrogen) atoms. The van der Waals surface area contributed by atoms with Gasteiger partial charge in [0.25, 0.3) is 0 Å². The van der Waals surface area contributed by atoms with Crippen LogP contribution in [0.5, 0.6) is 0 Å². The number of halogens is 1. The lowest BCUT2D eigenvalue weighted by Crippen LogP contribution is -2.06. The molecule has 92 valence electrons. The fourth-order valence-electron chi connectivity index (χ4n) is 1.63. The molecule has 0 amide bonds. The molecule has 0 bridgehead atoms. The zero-order valence-corrected chi connectivity index (χ0v) is 10.9. The molecule has 1 unspecified atom stereocenters. The second-order valence-corrected chi connectivity index (χ2v) is 4.77. The van der Waals surface area contributed by atoms with Crippen LogP contribution in [-0.2, 0) is 0 Å². The first-order chi connectivity index (χ1) is 8.61. The lowest BCUT2D eigenvalue weighted by Gasteiger charge is -2.14. The summed E-state index contributed by atoms with van der Waals surface area (Å²) in [6.45, 7) is 3.77. The maximum absolute atomic E-state index is 12.8. The highest BCUT2D eigenvalue weighted by molar-refractivity contribution is 7.10. The molecular weight excluding hydrogens is 249 g/mol. The fraction of sp³-hybridized carbons (Fsp3) is 0.231. The molecule has 1 aromatic heterocycles. The Hall–Kier alpha value is -1.93. The molecule has 0 spiro atoms. The van der Waals surface area contributed by atoms with Gasteiger partial charge in [-0.15, -0.1) is 0 Å². The topological polar surface area (TPSA) is 48.7 Å². The van der Waals surface area contributed by atoms with Gasteiger partial charge < -0.3 is 5.32 Å². The van der Waals surface area contributed by atoms with Gasteiger partial charge >= 0.3 is 0 Å². The summed E-state index contributed by atoms with van der Waals surface area (Å²) >= 11 is 1.27. The average Bonchev–Trinajstić information content (AvgIpc) is 2.70. The van der Waals surface area contributed by atoms with Crippen LogP contribution in [0.4, 0.5) is 9.39 Å². The number of hydrogen-bond donors (Lipinski definition) is 1. The molecule has 2 rings (SSSR count). The molecule has 0 aliphatic rings. The largest absolute Gasteiger partial charge is 0.368 e. The van der Waals surface area contributed by atoms with Crippen molar-refractivity contribution in [1.29, 1.82) is 5.26 Å². The Morgan fingerprint density at radius 2 is 2.06 bits per heavy atom. The Kier molecular flexibility index (Phi) is 3.58. The third-order valence-corrected chi connectivity index (χ3v) is 3.56. The van der Waals surface area contributed by atoms with E-state index in [4.69, 9.17) is 5.26 Å². The molecule has 3 nitrogen and oxygen atoms in total. The number of aryl methyl sites for hydroxylation is 1. The van der Waals surface area contributed by atoms with Crippen molar-refractivity contribution in [2.45, 2.75) is 19.9 Å². The van der Waals surface area contributed by atoms with E-state index in [2.05, 4.69) is 15.8 Å². The molecular formula is C13H12FN3S. The first-order valence-electron chi connectivity index (χ1n) is 5.50. The molecule has 1 heterocycles. The van der Waals surface area contributed by atoms with E-state index in [1.54, 1.807) is 12.1 Å². The van der Waals surface area contributed by atoms with Gasteiger partial charge in [-0.2, -0.15) is 9.64 Å². The van der Waals surface area contributed by atoms with Gasteiger partial charge in [0.1, 0.15) is 22.5 Å². The minimum Gasteiger partial charge on any atom is -0.368 e. The minimum absolute atomic E-state index is 0.00227. The predicted molar refractivity (Wildman–Crippen MR) is 70.0 cm³/mol. The Bertz CT molecular complexity index is 583. The van der Waals surface area contributed by atoms with Crippen LogP contribution in [0, 0.1) is 24.1 Å². The van der Waals surface area contributed by atoms with E-state index in [1.165, 1.54) is 23.7 Å². The van der Waals surface area contributed by atoms with Gasteiger partial charge in [0.15, 0.2) is 0 Å². The van der Waals surface area contributed by atoms with Gasteiger partial charge in [0.2, 0.25) is 0 Å². The molecule has 2 aromatic rings. The summed E-state index contributed by atoms with van der Waals surface area (Å²) < 4.78 is 17.0. The van der Waals surface area contributed by atoms with Crippen molar-refractivity contribution in [2.24, 2.45) is 0 Å². The molecule has 0 fully saturated rings. The number of nitrogens with zero attached hydrogens (tertiary/aromatic N) is 2. The molecule has 0 saturated carbocycles. The molecule has 1 N–H and O–H groups in total. The van der Waals surface area contributed by atoms with Crippen molar-refractivity contribution < 1.29 is 4.39 Å². The van der Waals surface area contributed by atoms with Crippen molar-refractivity contribution >= 4 is 16.5 Å². The van der Waals surface area contributed by atoms with Gasteiger partial charge in [-0.05, 0) is 43.1 Å². The summed E-state index contributed by atoms with van der Waals surface area (Å²) in [4.78, 5) is 0. The van der Waals surface area contributed by atoms with E-state index in [0.29, 0.717) is 5.56 Å². The maximum Gasteiger partial charge on any atom is 0.128 e. The van der Waals surface area contributed by atoms with Crippen molar-refractivity contribution in [3.63, 3.8) is 0 Å². The normalized spacial score (nSPS) is 11.9. The highest BCUT2D eigenvalue weighted by Gasteiger charge is 2.13. The van der Waals surface area contributed by atoms with E-state index in [0.717, 1.165) is 16.3 Å². The van der Waals surface area contributed by atoms with E-state index >= 15 is 0 Å². The molecule has 0 aliphatic heterocycles. The molecule has 1 atom stereocenters. The van der Waals surface area contributed by atoms with Gasteiger partial charge in [-0.25, -0.2) is 4.39 Å². The standard InChI is InChI=1S/C13H12FN3S/c1-8(10-3-5-11(14)6-4-10)16-13-12(7-15)9(2)17-18-13/h3-6,8,16H,1-2H3. The monoisotopic (exact) mass is 261 g/mol. The van der Waals surface area contributed by atoms with E-state index in [9.17, 15) is 4.39 Å². The Balaban J connectivity index is 2.19. The highest BCUT2D eigenvalue weighted by atomic mass is 32.1. The number of rotatable bonds is 3. The van der Waals surface area contributed by atoms with Crippen molar-refractivity contribution in [1.82, 2.24) is 4.37 Å². The smallest absolute Gasteiger partial charge is 0.128 e. The molecule has 0 radical (unpaired) electrons. The zero-order valence-electron chi connectivity index (χ0n) is 10.1. The summed E-state index contributed by atoms with van der Waals surface area (Å²) in [6, 6.07) is 8.45. The fourth-order valence-corrected chi connectivity index (χ4v) is 2.46. The summed E-state index contributed by atoms with van der Waals surface area (Å²) in [5.41, 5.74) is 2.27. The number of benzene rings is 1. The Morgan fingerprint density at radius 1 is 1.39 bits per heavy atom. The summed E-state index contributed by atoms with van der Waals surface area (Å²) in [5.74, 6) is -0.253. The van der Waals surface area contributed by atoms with E-state index < -0.39 is 0 Å². The maximum atomic E-state index is 12.8. The van der Waals surface area contributed by atoms with Crippen LogP contribution < -0.4 is 5.32 Å². The summed E-state index contributed by atoms with van der Waals surface area (Å²) in [7, 11) is 0. The van der Waals surface area contributed by atoms with Crippen molar-refractivity contribution in [2.75, 3.05) is 5.32 Å². The van der Waals surface area contributed by atoms with Crippen molar-refractivity contribution in [3.05, 3.63) is 46.9 Å². The molecule has 0 saturated heterocycles. The molecule has 5 heteroatoms. The SMILES string of the molecule is Cc1nsc(NC(C)c2ccc(F)cc2)c1C#N. The third-order valence-electron chi connectivity index (χ3n) is 2.69. The minimum atomic E-state index is -0.253. The van der Waals surface area contributed by atoms with Crippen LogP contribution in [0.1, 0.15) is 29.8 Å². The first-order valence-corrected chi connectivity index (χ1v) is 6.27. The average molecular weight is 261 g/mol. The molecule has 1 aromatic carbocycles. The van der Waals surface area contributed by atoms with Crippen LogP contribution >= 0.6 is 11.5 Å². The zero-order chi connectivity index (χ0) is 13.1. The second-order valence-electron chi connectivity index (χ2n) is 4.00. The predicted octanol–water partition coefficient (Wildman–Crippen LogP) is 3.64. The number of nitriles is 1. The van der Waals surface area contributed by atoms with Crippen LogP contribution in [-0.4, -0.2) is 4.37 Å². The van der Waals surface area contributed by atoms with Crippen LogP contribution in [0.3, 0.4) is 0 Å². The van der Waals surface area contributed by atoms with Gasteiger partial charge in [0.05, 0.1) is 5.69 Å². The van der Waals surface area contributed by atoms with Crippen LogP contribution in [0.2, 0.25) is 0 Å². The van der Waals surface area contributed by atoms with Crippen LogP contribution in [0.25, 0.3) is 0 Å². The quantitative estimate of drug-likeness (QED) is 0.917. The molecule has 0 aliphatic carbocycles. The Labute approximate surface area is 109 Å². The number of nitrogens with one attached hydrogen (secondary N) is 1. The van der Waals surface area contributed by atoms with Gasteiger partial charge in [0, 0.05) is 6.04 Å². The van der Waals surface area contributed by atoms with E-state index in [1.807, 2.05) is 13.8 Å². The van der Waals surface area contributed by atoms with E-state index in [-0.39, 0.29) is 11.9 Å². The van der Waals surface area contributed by atoms with Crippen molar-refractivity contribution in [3.8, 4) is 6.07 Å². The highest BCUT2D eigenvalue weighted by Crippen LogP contribution is 2.27. The lowest BCUT2D eigenvalue weighted by atomic mass is 10.1. The summed E-state index contributed by atoms with van der Waals surface area (Å²) in [5, 5.41) is 13.0. The third kappa shape index (κ3) is 2.49. The Morgan fingerprint density at radius 3 is 2.67 bits per heavy atom. The van der Waals surface area contributed by atoms with Gasteiger partial charge in [-0.3, -0.25) is 0 Å². The lowest BCUT2D eigenvalue weighted by molar-refractivity contribution is 0.626. The van der Waals surface area contributed by atoms with Crippen LogP contribution in [0.15, 0.2) is 24.3 Å². The second kappa shape index (κ2) is 5.15. The van der Waals surface area contributed by atoms with Gasteiger partial charge in [-0.1, -0.05) is 12.1 Å². The number of hydrogen-bond acceptors (Lipinski definition) is 4.